The van der Waals surface area contributed by atoms with Crippen LogP contribution in [0.5, 0.6) is 5.75 Å². The van der Waals surface area contributed by atoms with E-state index in [4.69, 9.17) is 14.2 Å². The second-order valence-corrected chi connectivity index (χ2v) is 7.14. The summed E-state index contributed by atoms with van der Waals surface area (Å²) in [6.45, 7) is 7.71. The maximum atomic E-state index is 12.3. The van der Waals surface area contributed by atoms with Gasteiger partial charge in [0.25, 0.3) is 5.69 Å². The number of nitro benzene ring substituents is 1. The van der Waals surface area contributed by atoms with Crippen LogP contribution in [0.4, 0.5) is 10.5 Å². The SMILES string of the molecule is CC(C)COC(=O)C[C@H](NC(=O)Oc1ccc([N+](=O)[O-])cc1)C(=O)OCC(C)C. The Hall–Kier alpha value is -3.17. The van der Waals surface area contributed by atoms with Crippen molar-refractivity contribution in [3.05, 3.63) is 34.4 Å². The van der Waals surface area contributed by atoms with E-state index in [2.05, 4.69) is 5.32 Å². The molecule has 10 heteroatoms. The van der Waals surface area contributed by atoms with Gasteiger partial charge in [-0.2, -0.15) is 0 Å². The molecule has 1 aromatic carbocycles. The first-order valence-electron chi connectivity index (χ1n) is 9.13. The van der Waals surface area contributed by atoms with E-state index in [9.17, 15) is 24.5 Å². The zero-order valence-corrected chi connectivity index (χ0v) is 16.9. The van der Waals surface area contributed by atoms with E-state index < -0.39 is 35.4 Å². The molecule has 0 aromatic heterocycles. The van der Waals surface area contributed by atoms with E-state index in [0.29, 0.717) is 0 Å². The third kappa shape index (κ3) is 9.54. The number of carbonyl (C=O) groups is 3. The highest BCUT2D eigenvalue weighted by atomic mass is 16.6. The van der Waals surface area contributed by atoms with Crippen LogP contribution in [0.25, 0.3) is 0 Å². The van der Waals surface area contributed by atoms with E-state index in [0.717, 1.165) is 0 Å². The molecule has 0 saturated heterocycles. The van der Waals surface area contributed by atoms with Crippen molar-refractivity contribution in [3.8, 4) is 5.75 Å². The number of nitro groups is 1. The maximum Gasteiger partial charge on any atom is 0.413 e. The Morgan fingerprint density at radius 2 is 1.55 bits per heavy atom. The van der Waals surface area contributed by atoms with Gasteiger partial charge in [-0.05, 0) is 24.0 Å². The molecule has 0 radical (unpaired) electrons. The van der Waals surface area contributed by atoms with Gasteiger partial charge in [0.05, 0.1) is 24.6 Å². The number of esters is 2. The summed E-state index contributed by atoms with van der Waals surface area (Å²) in [4.78, 5) is 46.4. The molecule has 29 heavy (non-hydrogen) atoms. The summed E-state index contributed by atoms with van der Waals surface area (Å²) in [6, 6.07) is 3.51. The molecule has 1 N–H and O–H groups in total. The summed E-state index contributed by atoms with van der Waals surface area (Å²) in [5, 5.41) is 12.9. The molecule has 0 aliphatic rings. The molecule has 0 heterocycles. The summed E-state index contributed by atoms with van der Waals surface area (Å²) in [6.07, 6.45) is -1.43. The Bertz CT molecular complexity index is 715. The summed E-state index contributed by atoms with van der Waals surface area (Å²) in [7, 11) is 0. The molecular weight excluding hydrogens is 384 g/mol. The van der Waals surface area contributed by atoms with Gasteiger partial charge in [-0.25, -0.2) is 9.59 Å². The van der Waals surface area contributed by atoms with Gasteiger partial charge >= 0.3 is 18.0 Å². The highest BCUT2D eigenvalue weighted by molar-refractivity contribution is 5.86. The molecule has 1 rings (SSSR count). The molecule has 0 fully saturated rings. The Morgan fingerprint density at radius 3 is 2.07 bits per heavy atom. The smallest absolute Gasteiger partial charge is 0.413 e. The molecule has 0 saturated carbocycles. The molecule has 10 nitrogen and oxygen atoms in total. The Morgan fingerprint density at radius 1 is 1.00 bits per heavy atom. The van der Waals surface area contributed by atoms with Crippen LogP contribution in [0.2, 0.25) is 0 Å². The zero-order chi connectivity index (χ0) is 22.0. The third-order valence-corrected chi connectivity index (χ3v) is 3.34. The molecule has 0 bridgehead atoms. The molecule has 1 aromatic rings. The van der Waals surface area contributed by atoms with Gasteiger partial charge in [0.1, 0.15) is 11.8 Å². The van der Waals surface area contributed by atoms with Gasteiger partial charge in [-0.3, -0.25) is 14.9 Å². The number of hydrogen-bond acceptors (Lipinski definition) is 8. The number of non-ortho nitro benzene ring substituents is 1. The van der Waals surface area contributed by atoms with E-state index in [1.165, 1.54) is 24.3 Å². The summed E-state index contributed by atoms with van der Waals surface area (Å²) >= 11 is 0. The van der Waals surface area contributed by atoms with E-state index in [-0.39, 0.29) is 36.5 Å². The van der Waals surface area contributed by atoms with Crippen LogP contribution in [-0.2, 0) is 19.1 Å². The first kappa shape index (κ1) is 23.9. The van der Waals surface area contributed by atoms with Crippen molar-refractivity contribution in [2.75, 3.05) is 13.2 Å². The predicted molar refractivity (Wildman–Crippen MR) is 102 cm³/mol. The van der Waals surface area contributed by atoms with Crippen molar-refractivity contribution in [2.45, 2.75) is 40.2 Å². The number of benzene rings is 1. The summed E-state index contributed by atoms with van der Waals surface area (Å²) in [5.74, 6) is -1.24. The van der Waals surface area contributed by atoms with Gasteiger partial charge < -0.3 is 19.5 Å². The fourth-order valence-electron chi connectivity index (χ4n) is 1.94. The molecule has 0 spiro atoms. The van der Waals surface area contributed by atoms with Crippen LogP contribution in [0, 0.1) is 22.0 Å². The lowest BCUT2D eigenvalue weighted by atomic mass is 10.2. The first-order valence-corrected chi connectivity index (χ1v) is 9.13. The normalized spacial score (nSPS) is 11.7. The molecule has 0 aliphatic carbocycles. The third-order valence-electron chi connectivity index (χ3n) is 3.34. The summed E-state index contributed by atoms with van der Waals surface area (Å²) in [5.41, 5.74) is -0.166. The maximum absolute atomic E-state index is 12.3. The minimum atomic E-state index is -1.29. The van der Waals surface area contributed by atoms with Gasteiger partial charge in [-0.1, -0.05) is 27.7 Å². The lowest BCUT2D eigenvalue weighted by Gasteiger charge is -2.18. The number of rotatable bonds is 10. The van der Waals surface area contributed by atoms with Crippen molar-refractivity contribution in [2.24, 2.45) is 11.8 Å². The van der Waals surface area contributed by atoms with Gasteiger partial charge in [-0.15, -0.1) is 0 Å². The van der Waals surface area contributed by atoms with Crippen molar-refractivity contribution in [1.82, 2.24) is 5.32 Å². The number of nitrogens with one attached hydrogen (secondary N) is 1. The van der Waals surface area contributed by atoms with Crippen molar-refractivity contribution in [3.63, 3.8) is 0 Å². The van der Waals surface area contributed by atoms with Crippen LogP contribution in [0.1, 0.15) is 34.1 Å². The second kappa shape index (κ2) is 11.6. The minimum absolute atomic E-state index is 0.0322. The van der Waals surface area contributed by atoms with Gasteiger partial charge in [0.2, 0.25) is 0 Å². The zero-order valence-electron chi connectivity index (χ0n) is 16.9. The Balaban J connectivity index is 2.74. The van der Waals surface area contributed by atoms with Gasteiger partial charge in [0, 0.05) is 12.1 Å². The standard InChI is InChI=1S/C19H26N2O8/c1-12(2)10-27-17(22)9-16(18(23)28-11-13(3)4)20-19(24)29-15-7-5-14(6-8-15)21(25)26/h5-8,12-13,16H,9-11H2,1-4H3,(H,20,24)/t16-/m0/s1. The molecule has 160 valence electrons. The Kier molecular flexibility index (Phi) is 9.57. The van der Waals surface area contributed by atoms with Crippen LogP contribution in [0.15, 0.2) is 24.3 Å². The predicted octanol–water partition coefficient (Wildman–Crippen LogP) is 2.84. The molecule has 0 unspecified atom stereocenters. The highest BCUT2D eigenvalue weighted by Gasteiger charge is 2.27. The van der Waals surface area contributed by atoms with E-state index >= 15 is 0 Å². The largest absolute Gasteiger partial charge is 0.465 e. The van der Waals surface area contributed by atoms with Crippen LogP contribution in [-0.4, -0.2) is 42.2 Å². The number of hydrogen-bond donors (Lipinski definition) is 1. The quantitative estimate of drug-likeness (QED) is 0.353. The lowest BCUT2D eigenvalue weighted by Crippen LogP contribution is -2.45. The molecule has 0 aliphatic heterocycles. The number of amides is 1. The second-order valence-electron chi connectivity index (χ2n) is 7.14. The topological polar surface area (TPSA) is 134 Å². The minimum Gasteiger partial charge on any atom is -0.465 e. The molecule has 1 atom stereocenters. The van der Waals surface area contributed by atoms with Gasteiger partial charge in [0.15, 0.2) is 0 Å². The fraction of sp³-hybridized carbons (Fsp3) is 0.526. The molecular formula is C19H26N2O8. The Labute approximate surface area is 168 Å². The van der Waals surface area contributed by atoms with Crippen molar-refractivity contribution in [1.29, 1.82) is 0 Å². The van der Waals surface area contributed by atoms with E-state index in [1.807, 2.05) is 27.7 Å². The first-order chi connectivity index (χ1) is 13.6. The fourth-order valence-corrected chi connectivity index (χ4v) is 1.94. The van der Waals surface area contributed by atoms with E-state index in [1.54, 1.807) is 0 Å². The number of nitrogens with zero attached hydrogens (tertiary/aromatic N) is 1. The number of ether oxygens (including phenoxy) is 3. The lowest BCUT2D eigenvalue weighted by molar-refractivity contribution is -0.384. The average Bonchev–Trinajstić information content (AvgIpc) is 2.64. The van der Waals surface area contributed by atoms with Crippen LogP contribution in [0.3, 0.4) is 0 Å². The van der Waals surface area contributed by atoms with Crippen molar-refractivity contribution < 1.29 is 33.5 Å². The summed E-state index contributed by atoms with van der Waals surface area (Å²) < 4.78 is 15.1. The average molecular weight is 410 g/mol. The van der Waals surface area contributed by atoms with Crippen LogP contribution >= 0.6 is 0 Å². The number of carbonyl (C=O) groups excluding carboxylic acids is 3. The molecule has 1 amide bonds. The van der Waals surface area contributed by atoms with Crippen molar-refractivity contribution >= 4 is 23.7 Å². The monoisotopic (exact) mass is 410 g/mol. The van der Waals surface area contributed by atoms with Crippen LogP contribution < -0.4 is 10.1 Å². The highest BCUT2D eigenvalue weighted by Crippen LogP contribution is 2.17.